The van der Waals surface area contributed by atoms with Crippen LogP contribution in [0.1, 0.15) is 43.9 Å². The Morgan fingerprint density at radius 1 is 0.526 bits per heavy atom. The summed E-state index contributed by atoms with van der Waals surface area (Å²) >= 11 is 0. The van der Waals surface area contributed by atoms with Crippen molar-refractivity contribution in [3.05, 3.63) is 114 Å². The predicted molar refractivity (Wildman–Crippen MR) is 163 cm³/mol. The highest BCUT2D eigenvalue weighted by atomic mass is 15.0. The summed E-state index contributed by atoms with van der Waals surface area (Å²) in [4.78, 5) is 0. The second-order valence-corrected chi connectivity index (χ2v) is 11.3. The number of hydrogen-bond donors (Lipinski definition) is 0. The smallest absolute Gasteiger partial charge is 0.0620 e. The van der Waals surface area contributed by atoms with Crippen LogP contribution < -0.4 is 0 Å². The fourth-order valence-corrected chi connectivity index (χ4v) is 6.96. The van der Waals surface area contributed by atoms with Gasteiger partial charge in [0.15, 0.2) is 0 Å². The van der Waals surface area contributed by atoms with Crippen molar-refractivity contribution in [3.8, 4) is 0 Å². The number of hydrogen-bond acceptors (Lipinski definition) is 0. The third kappa shape index (κ3) is 2.89. The van der Waals surface area contributed by atoms with Crippen LogP contribution >= 0.6 is 0 Å². The van der Waals surface area contributed by atoms with Crippen LogP contribution in [0.2, 0.25) is 0 Å². The van der Waals surface area contributed by atoms with Gasteiger partial charge in [-0.3, -0.25) is 0 Å². The molecule has 38 heavy (non-hydrogen) atoms. The molecule has 1 atom stereocenters. The normalized spacial score (nSPS) is 13.4. The Labute approximate surface area is 222 Å². The van der Waals surface area contributed by atoms with E-state index in [1.165, 1.54) is 71.0 Å². The molecule has 0 saturated carbocycles. The standard InChI is InChI=1S/C36H30N2/c1-22(2)37-32-13-7-4-10-26(32)29-17-16-24(19-35(29)37)18-23(3)25-20-30-27-11-5-8-14-33(27)38-34-15-9-6-12-28(34)31(21-25)36(30)38/h4-17,19-23H,18H2,1-3H3. The lowest BCUT2D eigenvalue weighted by atomic mass is 9.91. The highest BCUT2D eigenvalue weighted by Crippen LogP contribution is 2.41. The minimum atomic E-state index is 0.403. The van der Waals surface area contributed by atoms with Gasteiger partial charge in [0.05, 0.1) is 16.6 Å². The first-order chi connectivity index (χ1) is 18.6. The summed E-state index contributed by atoms with van der Waals surface area (Å²) < 4.78 is 4.96. The minimum absolute atomic E-state index is 0.403. The van der Waals surface area contributed by atoms with Crippen molar-refractivity contribution >= 4 is 59.9 Å². The maximum absolute atomic E-state index is 2.50. The Bertz CT molecular complexity index is 2070. The van der Waals surface area contributed by atoms with Gasteiger partial charge in [-0.15, -0.1) is 0 Å². The molecule has 3 aromatic heterocycles. The highest BCUT2D eigenvalue weighted by molar-refractivity contribution is 6.23. The van der Waals surface area contributed by atoms with Crippen molar-refractivity contribution in [1.29, 1.82) is 0 Å². The molecule has 184 valence electrons. The molecule has 0 aliphatic rings. The van der Waals surface area contributed by atoms with E-state index in [9.17, 15) is 0 Å². The molecular weight excluding hydrogens is 460 g/mol. The van der Waals surface area contributed by atoms with E-state index in [1.807, 2.05) is 0 Å². The van der Waals surface area contributed by atoms with Crippen molar-refractivity contribution in [2.75, 3.05) is 0 Å². The number of rotatable bonds is 4. The van der Waals surface area contributed by atoms with Crippen LogP contribution in [0.5, 0.6) is 0 Å². The van der Waals surface area contributed by atoms with Crippen LogP contribution in [0.25, 0.3) is 59.9 Å². The molecule has 2 heteroatoms. The zero-order valence-electron chi connectivity index (χ0n) is 22.1. The molecular formula is C36H30N2. The maximum Gasteiger partial charge on any atom is 0.0620 e. The van der Waals surface area contributed by atoms with E-state index >= 15 is 0 Å². The molecule has 0 amide bonds. The van der Waals surface area contributed by atoms with Crippen molar-refractivity contribution in [2.24, 2.45) is 0 Å². The molecule has 0 saturated heterocycles. The van der Waals surface area contributed by atoms with Gasteiger partial charge in [-0.05, 0) is 73.7 Å². The van der Waals surface area contributed by atoms with Crippen molar-refractivity contribution in [1.82, 2.24) is 8.97 Å². The highest BCUT2D eigenvalue weighted by Gasteiger charge is 2.20. The molecule has 8 rings (SSSR count). The SMILES string of the molecule is CC(Cc1ccc2c3ccccc3n(C(C)C)c2c1)c1cc2c3ccccc3n3c4ccccc4c(c1)c23. The molecule has 5 aromatic carbocycles. The van der Waals surface area contributed by atoms with E-state index in [-0.39, 0.29) is 0 Å². The lowest BCUT2D eigenvalue weighted by molar-refractivity contribution is 0.642. The average molecular weight is 491 g/mol. The van der Waals surface area contributed by atoms with E-state index in [4.69, 9.17) is 0 Å². The average Bonchev–Trinajstić information content (AvgIpc) is 3.57. The first-order valence-corrected chi connectivity index (χ1v) is 13.8. The summed E-state index contributed by atoms with van der Waals surface area (Å²) in [5.74, 6) is 0.403. The van der Waals surface area contributed by atoms with E-state index in [0.717, 1.165) is 6.42 Å². The summed E-state index contributed by atoms with van der Waals surface area (Å²) in [5, 5.41) is 8.12. The van der Waals surface area contributed by atoms with Crippen molar-refractivity contribution < 1.29 is 0 Å². The minimum Gasteiger partial charge on any atom is -0.338 e. The van der Waals surface area contributed by atoms with Gasteiger partial charge >= 0.3 is 0 Å². The summed E-state index contributed by atoms with van der Waals surface area (Å²) in [6.07, 6.45) is 1.01. The van der Waals surface area contributed by atoms with Crippen LogP contribution in [0, 0.1) is 0 Å². The molecule has 3 heterocycles. The number of benzene rings is 5. The molecule has 8 aromatic rings. The fraction of sp³-hybridized carbons (Fsp3) is 0.167. The number of para-hydroxylation sites is 3. The van der Waals surface area contributed by atoms with Gasteiger partial charge in [0, 0.05) is 49.4 Å². The molecule has 0 bridgehead atoms. The second-order valence-electron chi connectivity index (χ2n) is 11.3. The van der Waals surface area contributed by atoms with Gasteiger partial charge in [0.2, 0.25) is 0 Å². The molecule has 0 fully saturated rings. The Balaban J connectivity index is 1.29. The van der Waals surface area contributed by atoms with Gasteiger partial charge in [0.25, 0.3) is 0 Å². The van der Waals surface area contributed by atoms with E-state index < -0.39 is 0 Å². The van der Waals surface area contributed by atoms with Gasteiger partial charge in [0.1, 0.15) is 0 Å². The Kier molecular flexibility index (Phi) is 4.49. The molecule has 0 aliphatic carbocycles. The van der Waals surface area contributed by atoms with Gasteiger partial charge in [-0.2, -0.15) is 0 Å². The van der Waals surface area contributed by atoms with E-state index in [2.05, 4.69) is 133 Å². The molecule has 0 aliphatic heterocycles. The number of fused-ring (bicyclic) bond motifs is 9. The summed E-state index contributed by atoms with van der Waals surface area (Å²) in [7, 11) is 0. The van der Waals surface area contributed by atoms with E-state index in [0.29, 0.717) is 12.0 Å². The van der Waals surface area contributed by atoms with Crippen LogP contribution in [0.15, 0.2) is 103 Å². The largest absolute Gasteiger partial charge is 0.338 e. The summed E-state index contributed by atoms with van der Waals surface area (Å²) in [6, 6.07) is 39.0. The lowest BCUT2D eigenvalue weighted by Gasteiger charge is -2.15. The first kappa shape index (κ1) is 21.8. The van der Waals surface area contributed by atoms with Gasteiger partial charge in [-0.25, -0.2) is 0 Å². The zero-order chi connectivity index (χ0) is 25.5. The Morgan fingerprint density at radius 3 is 1.66 bits per heavy atom. The predicted octanol–water partition coefficient (Wildman–Crippen LogP) is 9.87. The Morgan fingerprint density at radius 2 is 1.05 bits per heavy atom. The van der Waals surface area contributed by atoms with Crippen LogP contribution in [-0.4, -0.2) is 8.97 Å². The van der Waals surface area contributed by atoms with Crippen molar-refractivity contribution in [3.63, 3.8) is 0 Å². The molecule has 0 spiro atoms. The molecule has 1 unspecified atom stereocenters. The van der Waals surface area contributed by atoms with E-state index in [1.54, 1.807) is 0 Å². The monoisotopic (exact) mass is 490 g/mol. The van der Waals surface area contributed by atoms with Crippen LogP contribution in [0.3, 0.4) is 0 Å². The maximum atomic E-state index is 2.50. The lowest BCUT2D eigenvalue weighted by Crippen LogP contribution is -2.02. The quantitative estimate of drug-likeness (QED) is 0.232. The third-order valence-electron chi connectivity index (χ3n) is 8.63. The Hall–Kier alpha value is -4.30. The first-order valence-electron chi connectivity index (χ1n) is 13.8. The third-order valence-corrected chi connectivity index (χ3v) is 8.63. The van der Waals surface area contributed by atoms with Crippen LogP contribution in [0.4, 0.5) is 0 Å². The molecule has 2 nitrogen and oxygen atoms in total. The second kappa shape index (κ2) is 7.85. The van der Waals surface area contributed by atoms with Gasteiger partial charge in [-0.1, -0.05) is 73.7 Å². The molecule has 0 radical (unpaired) electrons. The van der Waals surface area contributed by atoms with Crippen LogP contribution in [-0.2, 0) is 6.42 Å². The topological polar surface area (TPSA) is 9.34 Å². The van der Waals surface area contributed by atoms with Gasteiger partial charge < -0.3 is 8.97 Å². The summed E-state index contributed by atoms with van der Waals surface area (Å²) in [6.45, 7) is 6.96. The molecule has 0 N–H and O–H groups in total. The number of aromatic nitrogens is 2. The summed E-state index contributed by atoms with van der Waals surface area (Å²) in [5.41, 5.74) is 9.43. The van der Waals surface area contributed by atoms with Crippen molar-refractivity contribution in [2.45, 2.75) is 39.2 Å². The number of nitrogens with zero attached hydrogens (tertiary/aromatic N) is 2. The zero-order valence-corrected chi connectivity index (χ0v) is 22.1. The fourth-order valence-electron chi connectivity index (χ4n) is 6.96.